The smallest absolute Gasteiger partial charge is 0.271 e. The van der Waals surface area contributed by atoms with Gasteiger partial charge in [0.15, 0.2) is 0 Å². The maximum Gasteiger partial charge on any atom is 0.271 e. The molecule has 4 amide bonds. The maximum atomic E-state index is 13.6. The van der Waals surface area contributed by atoms with E-state index in [4.69, 9.17) is 17.3 Å². The number of rotatable bonds is 6. The van der Waals surface area contributed by atoms with Crippen molar-refractivity contribution in [1.29, 1.82) is 0 Å². The van der Waals surface area contributed by atoms with E-state index < -0.39 is 23.9 Å². The molecule has 9 nitrogen and oxygen atoms in total. The van der Waals surface area contributed by atoms with Crippen molar-refractivity contribution in [3.63, 3.8) is 0 Å². The number of fused-ring (bicyclic) bond motifs is 1. The summed E-state index contributed by atoms with van der Waals surface area (Å²) in [7, 11) is 0. The van der Waals surface area contributed by atoms with Gasteiger partial charge in [0.25, 0.3) is 5.91 Å². The van der Waals surface area contributed by atoms with Crippen LogP contribution in [0.5, 0.6) is 0 Å². The lowest BCUT2D eigenvalue weighted by Gasteiger charge is -2.37. The van der Waals surface area contributed by atoms with E-state index in [0.29, 0.717) is 42.2 Å². The topological polar surface area (TPSA) is 137 Å². The van der Waals surface area contributed by atoms with Gasteiger partial charge in [0.2, 0.25) is 17.7 Å². The lowest BCUT2D eigenvalue weighted by Crippen LogP contribution is -2.53. The number of nitrogens with zero attached hydrogens (tertiary/aromatic N) is 1. The average Bonchev–Trinajstić information content (AvgIpc) is 3.43. The number of aromatic amines is 1. The first kappa shape index (κ1) is 23.7. The highest BCUT2D eigenvalue weighted by Gasteiger charge is 2.52. The molecule has 1 saturated carbocycles. The molecule has 186 valence electrons. The molecule has 0 radical (unpaired) electrons. The van der Waals surface area contributed by atoms with Crippen LogP contribution in [-0.4, -0.2) is 58.7 Å². The van der Waals surface area contributed by atoms with Crippen molar-refractivity contribution in [3.8, 4) is 0 Å². The molecule has 2 aliphatic heterocycles. The molecule has 2 aromatic rings. The third-order valence-corrected chi connectivity index (χ3v) is 8.22. The first-order chi connectivity index (χ1) is 16.8. The second-order valence-corrected chi connectivity index (χ2v) is 10.6. The van der Waals surface area contributed by atoms with E-state index in [2.05, 4.69) is 15.6 Å². The monoisotopic (exact) mass is 499 g/mol. The van der Waals surface area contributed by atoms with E-state index in [-0.39, 0.29) is 29.6 Å². The lowest BCUT2D eigenvalue weighted by molar-refractivity contribution is -0.132. The molecule has 10 heteroatoms. The Morgan fingerprint density at radius 1 is 1.26 bits per heavy atom. The first-order valence-electron chi connectivity index (χ1n) is 12.2. The second kappa shape index (κ2) is 9.18. The standard InChI is InChI=1S/C25H30ClN5O4/c26-16-6-1-4-14-10-18(29-20(14)16)24(35)31-13-25(7-3-8-25)12-19(31)23(34)30-17(21(27)32)11-15-5-2-9-28-22(15)33/h1,4,6,10,15,17,19,29H,2-3,5,7-9,11-13H2,(H2,27,32)(H,28,33)(H,30,34)/t15-,17-,19?/m0/s1. The van der Waals surface area contributed by atoms with Gasteiger partial charge >= 0.3 is 0 Å². The van der Waals surface area contributed by atoms with E-state index in [9.17, 15) is 19.2 Å². The predicted octanol–water partition coefficient (Wildman–Crippen LogP) is 2.09. The molecule has 1 aromatic heterocycles. The number of para-hydroxylation sites is 1. The summed E-state index contributed by atoms with van der Waals surface area (Å²) < 4.78 is 0. The normalized spacial score (nSPS) is 24.1. The van der Waals surface area contributed by atoms with Gasteiger partial charge in [0, 0.05) is 24.4 Å². The van der Waals surface area contributed by atoms with Gasteiger partial charge < -0.3 is 26.3 Å². The number of primary amides is 1. The van der Waals surface area contributed by atoms with Crippen molar-refractivity contribution in [3.05, 3.63) is 35.0 Å². The summed E-state index contributed by atoms with van der Waals surface area (Å²) in [5, 5.41) is 6.90. The molecule has 0 bridgehead atoms. The number of halogens is 1. The molecular formula is C25H30ClN5O4. The summed E-state index contributed by atoms with van der Waals surface area (Å²) in [5.41, 5.74) is 6.56. The summed E-state index contributed by atoms with van der Waals surface area (Å²) in [6, 6.07) is 5.50. The van der Waals surface area contributed by atoms with Crippen LogP contribution in [0.4, 0.5) is 0 Å². The van der Waals surface area contributed by atoms with Gasteiger partial charge in [-0.25, -0.2) is 0 Å². The minimum Gasteiger partial charge on any atom is -0.368 e. The molecule has 1 unspecified atom stereocenters. The molecule has 5 rings (SSSR count). The Morgan fingerprint density at radius 2 is 2.06 bits per heavy atom. The van der Waals surface area contributed by atoms with Crippen LogP contribution in [0.25, 0.3) is 10.9 Å². The highest BCUT2D eigenvalue weighted by Crippen LogP contribution is 2.50. The number of H-pyrrole nitrogens is 1. The van der Waals surface area contributed by atoms with E-state index >= 15 is 0 Å². The van der Waals surface area contributed by atoms with Crippen LogP contribution >= 0.6 is 11.6 Å². The fraction of sp³-hybridized carbons (Fsp3) is 0.520. The predicted molar refractivity (Wildman–Crippen MR) is 131 cm³/mol. The van der Waals surface area contributed by atoms with Crippen molar-refractivity contribution in [2.24, 2.45) is 17.1 Å². The Balaban J connectivity index is 1.36. The van der Waals surface area contributed by atoms with E-state index in [0.717, 1.165) is 31.1 Å². The van der Waals surface area contributed by atoms with Crippen LogP contribution in [0.3, 0.4) is 0 Å². The molecule has 3 atom stereocenters. The van der Waals surface area contributed by atoms with Crippen molar-refractivity contribution in [1.82, 2.24) is 20.5 Å². The summed E-state index contributed by atoms with van der Waals surface area (Å²) >= 11 is 6.28. The van der Waals surface area contributed by atoms with E-state index in [1.807, 2.05) is 12.1 Å². The Bertz CT molecular complexity index is 1190. The zero-order valence-electron chi connectivity index (χ0n) is 19.4. The average molecular weight is 500 g/mol. The van der Waals surface area contributed by atoms with Crippen LogP contribution in [0, 0.1) is 11.3 Å². The van der Waals surface area contributed by atoms with Crippen molar-refractivity contribution in [2.75, 3.05) is 13.1 Å². The zero-order valence-corrected chi connectivity index (χ0v) is 20.2. The number of benzene rings is 1. The highest BCUT2D eigenvalue weighted by molar-refractivity contribution is 6.35. The zero-order chi connectivity index (χ0) is 24.7. The summed E-state index contributed by atoms with van der Waals surface area (Å²) in [6.45, 7) is 1.10. The Labute approximate surface area is 208 Å². The van der Waals surface area contributed by atoms with Crippen LogP contribution in [0.2, 0.25) is 5.02 Å². The number of nitrogens with two attached hydrogens (primary N) is 1. The van der Waals surface area contributed by atoms with Crippen LogP contribution in [0.1, 0.15) is 55.4 Å². The van der Waals surface area contributed by atoms with Gasteiger partial charge in [0.1, 0.15) is 17.8 Å². The van der Waals surface area contributed by atoms with Crippen LogP contribution in [-0.2, 0) is 14.4 Å². The molecule has 3 fully saturated rings. The van der Waals surface area contributed by atoms with Crippen molar-refractivity contribution in [2.45, 2.75) is 57.0 Å². The van der Waals surface area contributed by atoms with Gasteiger partial charge in [-0.1, -0.05) is 30.2 Å². The molecular weight excluding hydrogens is 470 g/mol. The number of aromatic nitrogens is 1. The Hall–Kier alpha value is -3.07. The van der Waals surface area contributed by atoms with Gasteiger partial charge in [-0.05, 0) is 56.1 Å². The molecule has 1 aliphatic carbocycles. The molecule has 5 N–H and O–H groups in total. The van der Waals surface area contributed by atoms with Gasteiger partial charge in [-0.15, -0.1) is 0 Å². The maximum absolute atomic E-state index is 13.6. The number of likely N-dealkylation sites (tertiary alicyclic amines) is 1. The van der Waals surface area contributed by atoms with Crippen molar-refractivity contribution < 1.29 is 19.2 Å². The molecule has 3 aliphatic rings. The number of hydrogen-bond donors (Lipinski definition) is 4. The van der Waals surface area contributed by atoms with Gasteiger partial charge in [-0.3, -0.25) is 19.2 Å². The number of amides is 4. The van der Waals surface area contributed by atoms with Gasteiger partial charge in [-0.2, -0.15) is 0 Å². The Kier molecular flexibility index (Phi) is 6.21. The van der Waals surface area contributed by atoms with Crippen molar-refractivity contribution >= 4 is 46.1 Å². The number of nitrogens with one attached hydrogen (secondary N) is 3. The minimum atomic E-state index is -0.974. The quantitative estimate of drug-likeness (QED) is 0.483. The molecule has 35 heavy (non-hydrogen) atoms. The van der Waals surface area contributed by atoms with E-state index in [1.165, 1.54) is 0 Å². The summed E-state index contributed by atoms with van der Waals surface area (Å²) in [4.78, 5) is 56.1. The van der Waals surface area contributed by atoms with Crippen LogP contribution in [0.15, 0.2) is 24.3 Å². The summed E-state index contributed by atoms with van der Waals surface area (Å²) in [6.07, 6.45) is 5.14. The number of carbonyl (C=O) groups is 4. The number of carbonyl (C=O) groups excluding carboxylic acids is 4. The largest absolute Gasteiger partial charge is 0.368 e. The first-order valence-corrected chi connectivity index (χ1v) is 12.6. The molecule has 2 saturated heterocycles. The fourth-order valence-electron chi connectivity index (χ4n) is 5.79. The Morgan fingerprint density at radius 3 is 2.71 bits per heavy atom. The number of piperidine rings is 1. The fourth-order valence-corrected chi connectivity index (χ4v) is 6.02. The second-order valence-electron chi connectivity index (χ2n) is 10.2. The summed E-state index contributed by atoms with van der Waals surface area (Å²) in [5.74, 6) is -1.87. The van der Waals surface area contributed by atoms with Gasteiger partial charge in [0.05, 0.1) is 10.5 Å². The highest BCUT2D eigenvalue weighted by atomic mass is 35.5. The molecule has 1 spiro atoms. The SMILES string of the molecule is NC(=O)[C@H](C[C@@H]1CCCNC1=O)NC(=O)C1CC2(CCC2)CN1C(=O)c1cc2cccc(Cl)c2[nH]1. The minimum absolute atomic E-state index is 0.0766. The molecule has 1 aromatic carbocycles. The van der Waals surface area contributed by atoms with E-state index in [1.54, 1.807) is 17.0 Å². The van der Waals surface area contributed by atoms with Crippen LogP contribution < -0.4 is 16.4 Å². The third-order valence-electron chi connectivity index (χ3n) is 7.90. The third kappa shape index (κ3) is 4.49. The lowest BCUT2D eigenvalue weighted by atomic mass is 9.67. The number of hydrogen-bond acceptors (Lipinski definition) is 4. The molecule has 3 heterocycles.